The highest BCUT2D eigenvalue weighted by Gasteiger charge is 2.15. The summed E-state index contributed by atoms with van der Waals surface area (Å²) < 4.78 is 1.88. The maximum absolute atomic E-state index is 9.12. The first-order valence-electron chi connectivity index (χ1n) is 7.16. The standard InChI is InChI=1S/C15H27N3O/c1-5-7-9-14(8-6-2)16-15-12(3)13(4)17-18(15)10-11-19/h5,14,16,19H,1,6-11H2,2-4H3. The van der Waals surface area contributed by atoms with Gasteiger partial charge in [-0.3, -0.25) is 0 Å². The van der Waals surface area contributed by atoms with Crippen molar-refractivity contribution in [3.8, 4) is 0 Å². The number of aliphatic hydroxyl groups excluding tert-OH is 1. The molecule has 0 aliphatic rings. The number of hydrogen-bond donors (Lipinski definition) is 2. The van der Waals surface area contributed by atoms with E-state index in [2.05, 4.69) is 30.8 Å². The Kier molecular flexibility index (Phi) is 6.64. The van der Waals surface area contributed by atoms with E-state index in [1.807, 2.05) is 17.7 Å². The topological polar surface area (TPSA) is 50.1 Å². The van der Waals surface area contributed by atoms with Crippen molar-refractivity contribution in [2.45, 2.75) is 59.0 Å². The first-order chi connectivity index (χ1) is 9.13. The molecule has 1 aromatic rings. The van der Waals surface area contributed by atoms with E-state index in [1.54, 1.807) is 0 Å². The molecule has 0 spiro atoms. The molecule has 0 saturated heterocycles. The van der Waals surface area contributed by atoms with Gasteiger partial charge in [-0.1, -0.05) is 19.4 Å². The van der Waals surface area contributed by atoms with Crippen molar-refractivity contribution in [3.05, 3.63) is 23.9 Å². The molecular formula is C15H27N3O. The molecule has 0 amide bonds. The molecular weight excluding hydrogens is 238 g/mol. The Morgan fingerprint density at radius 3 is 2.74 bits per heavy atom. The van der Waals surface area contributed by atoms with Crippen molar-refractivity contribution < 1.29 is 5.11 Å². The Hall–Kier alpha value is -1.29. The Labute approximate surface area is 116 Å². The van der Waals surface area contributed by atoms with Gasteiger partial charge in [-0.25, -0.2) is 4.68 Å². The Balaban J connectivity index is 2.84. The van der Waals surface area contributed by atoms with Crippen molar-refractivity contribution in [1.29, 1.82) is 0 Å². The summed E-state index contributed by atoms with van der Waals surface area (Å²) in [5, 5.41) is 17.2. The van der Waals surface area contributed by atoms with E-state index in [4.69, 9.17) is 5.11 Å². The normalized spacial score (nSPS) is 12.4. The third kappa shape index (κ3) is 4.39. The van der Waals surface area contributed by atoms with Crippen LogP contribution in [-0.4, -0.2) is 27.5 Å². The SMILES string of the molecule is C=CCCC(CCC)Nc1c(C)c(C)nn1CCO. The highest BCUT2D eigenvalue weighted by Crippen LogP contribution is 2.21. The third-order valence-corrected chi connectivity index (χ3v) is 3.44. The zero-order valence-corrected chi connectivity index (χ0v) is 12.4. The number of aliphatic hydroxyl groups is 1. The monoisotopic (exact) mass is 265 g/mol. The van der Waals surface area contributed by atoms with Crippen LogP contribution >= 0.6 is 0 Å². The molecule has 1 unspecified atom stereocenters. The second kappa shape index (κ2) is 8.00. The van der Waals surface area contributed by atoms with E-state index in [0.717, 1.165) is 37.2 Å². The van der Waals surface area contributed by atoms with E-state index in [9.17, 15) is 0 Å². The molecule has 0 bridgehead atoms. The summed E-state index contributed by atoms with van der Waals surface area (Å²) in [7, 11) is 0. The molecule has 1 rings (SSSR count). The summed E-state index contributed by atoms with van der Waals surface area (Å²) in [6, 6.07) is 0.440. The quantitative estimate of drug-likeness (QED) is 0.675. The number of rotatable bonds is 9. The van der Waals surface area contributed by atoms with Crippen LogP contribution in [0.4, 0.5) is 5.82 Å². The van der Waals surface area contributed by atoms with Crippen LogP contribution in [0.2, 0.25) is 0 Å². The van der Waals surface area contributed by atoms with Gasteiger partial charge in [0, 0.05) is 11.6 Å². The van der Waals surface area contributed by atoms with E-state index in [-0.39, 0.29) is 6.61 Å². The number of nitrogens with one attached hydrogen (secondary N) is 1. The molecule has 0 aliphatic carbocycles. The van der Waals surface area contributed by atoms with Gasteiger partial charge >= 0.3 is 0 Å². The molecule has 0 aromatic carbocycles. The predicted octanol–water partition coefficient (Wildman–Crippen LogP) is 3.04. The molecule has 1 atom stereocenters. The summed E-state index contributed by atoms with van der Waals surface area (Å²) in [4.78, 5) is 0. The minimum Gasteiger partial charge on any atom is -0.394 e. The van der Waals surface area contributed by atoms with Crippen molar-refractivity contribution in [2.75, 3.05) is 11.9 Å². The zero-order valence-electron chi connectivity index (χ0n) is 12.4. The van der Waals surface area contributed by atoms with Gasteiger partial charge in [-0.2, -0.15) is 5.10 Å². The smallest absolute Gasteiger partial charge is 0.127 e. The van der Waals surface area contributed by atoms with Crippen LogP contribution in [0.5, 0.6) is 0 Å². The molecule has 0 radical (unpaired) electrons. The molecule has 0 saturated carbocycles. The molecule has 0 fully saturated rings. The zero-order chi connectivity index (χ0) is 14.3. The van der Waals surface area contributed by atoms with Gasteiger partial charge < -0.3 is 10.4 Å². The van der Waals surface area contributed by atoms with Crippen molar-refractivity contribution in [2.24, 2.45) is 0 Å². The average Bonchev–Trinajstić information content (AvgIpc) is 2.64. The van der Waals surface area contributed by atoms with Gasteiger partial charge in [-0.05, 0) is 33.1 Å². The van der Waals surface area contributed by atoms with Crippen LogP contribution < -0.4 is 5.32 Å². The second-order valence-electron chi connectivity index (χ2n) is 5.00. The minimum atomic E-state index is 0.111. The molecule has 0 aliphatic heterocycles. The van der Waals surface area contributed by atoms with E-state index < -0.39 is 0 Å². The molecule has 1 aromatic heterocycles. The number of aryl methyl sites for hydroxylation is 1. The Morgan fingerprint density at radius 2 is 2.16 bits per heavy atom. The van der Waals surface area contributed by atoms with Crippen LogP contribution in [0.1, 0.15) is 43.9 Å². The maximum atomic E-state index is 9.12. The number of allylic oxidation sites excluding steroid dienone is 1. The van der Waals surface area contributed by atoms with Crippen LogP contribution in [-0.2, 0) is 6.54 Å². The molecule has 4 heteroatoms. The maximum Gasteiger partial charge on any atom is 0.127 e. The van der Waals surface area contributed by atoms with Gasteiger partial charge in [-0.15, -0.1) is 6.58 Å². The lowest BCUT2D eigenvalue weighted by Gasteiger charge is -2.20. The fourth-order valence-electron chi connectivity index (χ4n) is 2.26. The third-order valence-electron chi connectivity index (χ3n) is 3.44. The Bertz CT molecular complexity index is 398. The second-order valence-corrected chi connectivity index (χ2v) is 5.00. The van der Waals surface area contributed by atoms with E-state index in [0.29, 0.717) is 12.6 Å². The Morgan fingerprint density at radius 1 is 1.42 bits per heavy atom. The summed E-state index contributed by atoms with van der Waals surface area (Å²) in [6.07, 6.45) is 6.36. The number of nitrogens with zero attached hydrogens (tertiary/aromatic N) is 2. The van der Waals surface area contributed by atoms with Gasteiger partial charge in [0.25, 0.3) is 0 Å². The molecule has 1 heterocycles. The first kappa shape index (κ1) is 15.8. The highest BCUT2D eigenvalue weighted by molar-refractivity contribution is 5.47. The predicted molar refractivity (Wildman–Crippen MR) is 80.5 cm³/mol. The van der Waals surface area contributed by atoms with Crippen molar-refractivity contribution in [3.63, 3.8) is 0 Å². The summed E-state index contributed by atoms with van der Waals surface area (Å²) in [6.45, 7) is 10.7. The minimum absolute atomic E-state index is 0.111. The fourth-order valence-corrected chi connectivity index (χ4v) is 2.26. The van der Waals surface area contributed by atoms with Crippen LogP contribution in [0, 0.1) is 13.8 Å². The molecule has 2 N–H and O–H groups in total. The van der Waals surface area contributed by atoms with Gasteiger partial charge in [0.15, 0.2) is 0 Å². The van der Waals surface area contributed by atoms with Gasteiger partial charge in [0.05, 0.1) is 18.8 Å². The van der Waals surface area contributed by atoms with E-state index >= 15 is 0 Å². The lowest BCUT2D eigenvalue weighted by Crippen LogP contribution is -2.22. The largest absolute Gasteiger partial charge is 0.394 e. The number of aromatic nitrogens is 2. The summed E-state index contributed by atoms with van der Waals surface area (Å²) in [5.74, 6) is 1.05. The number of anilines is 1. The van der Waals surface area contributed by atoms with Gasteiger partial charge in [0.1, 0.15) is 5.82 Å². The van der Waals surface area contributed by atoms with E-state index in [1.165, 1.54) is 5.56 Å². The van der Waals surface area contributed by atoms with Crippen molar-refractivity contribution >= 4 is 5.82 Å². The summed E-state index contributed by atoms with van der Waals surface area (Å²) in [5.41, 5.74) is 2.20. The van der Waals surface area contributed by atoms with Gasteiger partial charge in [0.2, 0.25) is 0 Å². The van der Waals surface area contributed by atoms with Crippen LogP contribution in [0.3, 0.4) is 0 Å². The summed E-state index contributed by atoms with van der Waals surface area (Å²) >= 11 is 0. The molecule has 108 valence electrons. The van der Waals surface area contributed by atoms with Crippen molar-refractivity contribution in [1.82, 2.24) is 9.78 Å². The first-order valence-corrected chi connectivity index (χ1v) is 7.16. The number of hydrogen-bond acceptors (Lipinski definition) is 3. The average molecular weight is 265 g/mol. The molecule has 19 heavy (non-hydrogen) atoms. The highest BCUT2D eigenvalue weighted by atomic mass is 16.3. The lowest BCUT2D eigenvalue weighted by atomic mass is 10.1. The van der Waals surface area contributed by atoms with Crippen LogP contribution in [0.25, 0.3) is 0 Å². The lowest BCUT2D eigenvalue weighted by molar-refractivity contribution is 0.270. The fraction of sp³-hybridized carbons (Fsp3) is 0.667. The molecule has 4 nitrogen and oxygen atoms in total. The van der Waals surface area contributed by atoms with Crippen LogP contribution in [0.15, 0.2) is 12.7 Å².